The fraction of sp³-hybridized carbons (Fsp3) is 0.143. The van der Waals surface area contributed by atoms with Crippen LogP contribution in [0.2, 0.25) is 0 Å². The molecule has 3 heterocycles. The number of rotatable bonds is 4. The predicted molar refractivity (Wildman–Crippen MR) is 198 cm³/mol. The van der Waals surface area contributed by atoms with Crippen molar-refractivity contribution in [1.82, 2.24) is 14.5 Å². The first-order chi connectivity index (χ1) is 23.3. The highest BCUT2D eigenvalue weighted by atomic mass is 16.7. The minimum absolute atomic E-state index is 0.499. The molecule has 9 rings (SSSR count). The monoisotopic (exact) mass is 623 g/mol. The number of fused-ring (bicyclic) bond motifs is 5. The molecule has 0 radical (unpaired) electrons. The maximum absolute atomic E-state index is 6.65. The number of nitrogens with zero attached hydrogens (tertiary/aromatic N) is 3. The third-order valence-corrected chi connectivity index (χ3v) is 10.2. The first-order valence-electron chi connectivity index (χ1n) is 16.5. The zero-order valence-electron chi connectivity index (χ0n) is 27.4. The van der Waals surface area contributed by atoms with Gasteiger partial charge in [0.25, 0.3) is 0 Å². The van der Waals surface area contributed by atoms with Crippen LogP contribution in [-0.4, -0.2) is 32.9 Å². The van der Waals surface area contributed by atoms with Gasteiger partial charge in [-0.25, -0.2) is 9.97 Å². The van der Waals surface area contributed by atoms with Crippen LogP contribution < -0.4 is 5.46 Å². The summed E-state index contributed by atoms with van der Waals surface area (Å²) in [6.45, 7) is 8.35. The topological polar surface area (TPSA) is 49.2 Å². The Labute approximate surface area is 279 Å². The minimum atomic E-state index is -0.587. The summed E-state index contributed by atoms with van der Waals surface area (Å²) in [5.74, 6) is 0.630. The average Bonchev–Trinajstić information content (AvgIpc) is 3.54. The van der Waals surface area contributed by atoms with Gasteiger partial charge < -0.3 is 13.9 Å². The van der Waals surface area contributed by atoms with Gasteiger partial charge in [-0.15, -0.1) is 0 Å². The third kappa shape index (κ3) is 4.48. The largest absolute Gasteiger partial charge is 0.495 e. The third-order valence-electron chi connectivity index (χ3n) is 10.2. The SMILES string of the molecule is CC1(C)OB(c2ccc(-n3c4ccccc4c4cc5ccccc5cc43)cc2-c2nc(-c3ccccc3)c3ccccc3n2)OC1(C)C. The molecule has 0 spiro atoms. The summed E-state index contributed by atoms with van der Waals surface area (Å²) in [6.07, 6.45) is 0. The molecule has 0 aliphatic carbocycles. The summed E-state index contributed by atoms with van der Waals surface area (Å²) in [7, 11) is -0.587. The Morgan fingerprint density at radius 2 is 1.21 bits per heavy atom. The van der Waals surface area contributed by atoms with Gasteiger partial charge in [-0.1, -0.05) is 97.1 Å². The number of hydrogen-bond acceptors (Lipinski definition) is 4. The number of para-hydroxylation sites is 2. The van der Waals surface area contributed by atoms with Gasteiger partial charge in [0.1, 0.15) is 0 Å². The summed E-state index contributed by atoms with van der Waals surface area (Å²) < 4.78 is 15.7. The standard InChI is InChI=1S/C42H34BN3O2/c1-41(2)42(3,4)48-43(47-41)35-23-22-30(46-37-21-13-11-18-31(37)33-24-28-16-8-9-17-29(28)25-38(33)46)26-34(35)40-44-36-20-12-10-19-32(36)39(45-40)27-14-6-5-7-15-27/h5-26H,1-4H3. The van der Waals surface area contributed by atoms with Crippen molar-refractivity contribution in [3.05, 3.63) is 133 Å². The lowest BCUT2D eigenvalue weighted by Gasteiger charge is -2.32. The lowest BCUT2D eigenvalue weighted by atomic mass is 9.75. The first kappa shape index (κ1) is 28.9. The van der Waals surface area contributed by atoms with Gasteiger partial charge in [-0.3, -0.25) is 0 Å². The molecule has 0 atom stereocenters. The summed E-state index contributed by atoms with van der Waals surface area (Å²) in [5.41, 5.74) is 6.90. The van der Waals surface area contributed by atoms with Crippen LogP contribution in [0.25, 0.3) is 71.8 Å². The molecule has 232 valence electrons. The van der Waals surface area contributed by atoms with Crippen LogP contribution in [0.15, 0.2) is 133 Å². The second kappa shape index (κ2) is 10.6. The van der Waals surface area contributed by atoms with Crippen molar-refractivity contribution in [2.75, 3.05) is 0 Å². The Morgan fingerprint density at radius 1 is 0.562 bits per heavy atom. The molecule has 0 unspecified atom stereocenters. The fourth-order valence-corrected chi connectivity index (χ4v) is 7.00. The van der Waals surface area contributed by atoms with Crippen molar-refractivity contribution in [3.63, 3.8) is 0 Å². The van der Waals surface area contributed by atoms with Crippen molar-refractivity contribution < 1.29 is 9.31 Å². The van der Waals surface area contributed by atoms with E-state index in [0.29, 0.717) is 5.82 Å². The molecular weight excluding hydrogens is 589 g/mol. The Hall–Kier alpha value is -5.30. The molecule has 48 heavy (non-hydrogen) atoms. The van der Waals surface area contributed by atoms with Crippen LogP contribution in [-0.2, 0) is 9.31 Å². The normalized spacial score (nSPS) is 15.6. The zero-order valence-corrected chi connectivity index (χ0v) is 27.4. The average molecular weight is 624 g/mol. The molecule has 0 saturated carbocycles. The molecule has 6 heteroatoms. The van der Waals surface area contributed by atoms with E-state index >= 15 is 0 Å². The van der Waals surface area contributed by atoms with Crippen LogP contribution in [0.1, 0.15) is 27.7 Å². The van der Waals surface area contributed by atoms with Crippen molar-refractivity contribution in [2.45, 2.75) is 38.9 Å². The molecule has 0 N–H and O–H groups in total. The lowest BCUT2D eigenvalue weighted by molar-refractivity contribution is 0.00578. The smallest absolute Gasteiger partial charge is 0.399 e. The van der Waals surface area contributed by atoms with Crippen LogP contribution in [0.5, 0.6) is 0 Å². The molecule has 0 amide bonds. The fourth-order valence-electron chi connectivity index (χ4n) is 7.00. The van der Waals surface area contributed by atoms with Crippen molar-refractivity contribution in [3.8, 4) is 28.3 Å². The number of hydrogen-bond donors (Lipinski definition) is 0. The van der Waals surface area contributed by atoms with Gasteiger partial charge in [0.15, 0.2) is 5.82 Å². The zero-order chi connectivity index (χ0) is 32.6. The molecule has 6 aromatic carbocycles. The lowest BCUT2D eigenvalue weighted by Crippen LogP contribution is -2.41. The summed E-state index contributed by atoms with van der Waals surface area (Å²) in [4.78, 5) is 10.5. The maximum Gasteiger partial charge on any atom is 0.495 e. The molecule has 2 aromatic heterocycles. The van der Waals surface area contributed by atoms with Crippen LogP contribution >= 0.6 is 0 Å². The second-order valence-electron chi connectivity index (χ2n) is 13.7. The molecular formula is C42H34BN3O2. The van der Waals surface area contributed by atoms with Crippen molar-refractivity contribution in [2.24, 2.45) is 0 Å². The Balaban J connectivity index is 1.33. The van der Waals surface area contributed by atoms with E-state index in [1.54, 1.807) is 0 Å². The van der Waals surface area contributed by atoms with E-state index in [4.69, 9.17) is 19.3 Å². The van der Waals surface area contributed by atoms with E-state index in [1.807, 2.05) is 30.3 Å². The molecule has 1 aliphatic rings. The van der Waals surface area contributed by atoms with E-state index in [0.717, 1.165) is 49.9 Å². The van der Waals surface area contributed by atoms with E-state index in [9.17, 15) is 0 Å². The highest BCUT2D eigenvalue weighted by Crippen LogP contribution is 2.39. The van der Waals surface area contributed by atoms with Crippen LogP contribution in [0, 0.1) is 0 Å². The van der Waals surface area contributed by atoms with Gasteiger partial charge in [0.05, 0.1) is 33.4 Å². The van der Waals surface area contributed by atoms with Crippen LogP contribution in [0.3, 0.4) is 0 Å². The van der Waals surface area contributed by atoms with Crippen molar-refractivity contribution in [1.29, 1.82) is 0 Å². The molecule has 0 bridgehead atoms. The minimum Gasteiger partial charge on any atom is -0.399 e. The maximum atomic E-state index is 6.65. The van der Waals surface area contributed by atoms with Gasteiger partial charge in [0.2, 0.25) is 0 Å². The van der Waals surface area contributed by atoms with Gasteiger partial charge in [0, 0.05) is 33.0 Å². The molecule has 1 aliphatic heterocycles. The van der Waals surface area contributed by atoms with E-state index in [2.05, 4.69) is 135 Å². The van der Waals surface area contributed by atoms with Gasteiger partial charge in [-0.05, 0) is 80.3 Å². The Kier molecular flexibility index (Phi) is 6.39. The molecule has 1 fully saturated rings. The molecule has 1 saturated heterocycles. The second-order valence-corrected chi connectivity index (χ2v) is 13.7. The number of benzene rings is 6. The number of aromatic nitrogens is 3. The van der Waals surface area contributed by atoms with E-state index in [-0.39, 0.29) is 0 Å². The van der Waals surface area contributed by atoms with Crippen molar-refractivity contribution >= 4 is 56.1 Å². The first-order valence-corrected chi connectivity index (χ1v) is 16.5. The van der Waals surface area contributed by atoms with Crippen LogP contribution in [0.4, 0.5) is 0 Å². The van der Waals surface area contributed by atoms with Gasteiger partial charge in [-0.2, -0.15) is 0 Å². The summed E-state index contributed by atoms with van der Waals surface area (Å²) in [6, 6.07) is 46.9. The quantitative estimate of drug-likeness (QED) is 0.183. The molecule has 8 aromatic rings. The molecule has 5 nitrogen and oxygen atoms in total. The predicted octanol–water partition coefficient (Wildman–Crippen LogP) is 9.51. The van der Waals surface area contributed by atoms with Gasteiger partial charge >= 0.3 is 7.12 Å². The van der Waals surface area contributed by atoms with E-state index in [1.165, 1.54) is 21.5 Å². The highest BCUT2D eigenvalue weighted by molar-refractivity contribution is 6.63. The summed E-state index contributed by atoms with van der Waals surface area (Å²) >= 11 is 0. The summed E-state index contributed by atoms with van der Waals surface area (Å²) in [5, 5.41) is 5.86. The Morgan fingerprint density at radius 3 is 1.98 bits per heavy atom. The highest BCUT2D eigenvalue weighted by Gasteiger charge is 2.52. The Bertz CT molecular complexity index is 2520. The van der Waals surface area contributed by atoms with E-state index < -0.39 is 18.3 Å².